The Bertz CT molecular complexity index is 272. The Labute approximate surface area is 75.6 Å². The van der Waals surface area contributed by atoms with Crippen LogP contribution >= 0.6 is 0 Å². The molecule has 0 aliphatic heterocycles. The second-order valence-electron chi connectivity index (χ2n) is 3.62. The first-order valence-corrected chi connectivity index (χ1v) is 4.72. The highest BCUT2D eigenvalue weighted by Gasteiger charge is 2.00. The zero-order chi connectivity index (χ0) is 9.14. The Morgan fingerprint density at radius 1 is 1.08 bits per heavy atom. The van der Waals surface area contributed by atoms with Gasteiger partial charge in [0.25, 0.3) is 0 Å². The molecular formula is C12H18. The number of rotatable bonds is 2. The second-order valence-corrected chi connectivity index (χ2v) is 3.62. The van der Waals surface area contributed by atoms with Crippen LogP contribution in [0.3, 0.4) is 0 Å². The van der Waals surface area contributed by atoms with E-state index in [4.69, 9.17) is 0 Å². The number of benzene rings is 1. The van der Waals surface area contributed by atoms with Gasteiger partial charge >= 0.3 is 0 Å². The van der Waals surface area contributed by atoms with Gasteiger partial charge < -0.3 is 0 Å². The Kier molecular flexibility index (Phi) is 2.91. The van der Waals surface area contributed by atoms with Gasteiger partial charge in [0.15, 0.2) is 0 Å². The van der Waals surface area contributed by atoms with Crippen molar-refractivity contribution < 1.29 is 0 Å². The SMILES string of the molecule is CCCc1cc(C)cc(C)c1C. The highest BCUT2D eigenvalue weighted by Crippen LogP contribution is 2.17. The molecule has 0 fully saturated rings. The summed E-state index contributed by atoms with van der Waals surface area (Å²) in [5.74, 6) is 0. The maximum Gasteiger partial charge on any atom is -0.0279 e. The molecule has 0 aliphatic rings. The summed E-state index contributed by atoms with van der Waals surface area (Å²) in [4.78, 5) is 0. The van der Waals surface area contributed by atoms with Crippen molar-refractivity contribution in [3.8, 4) is 0 Å². The molecule has 0 bridgehead atoms. The summed E-state index contributed by atoms with van der Waals surface area (Å²) >= 11 is 0. The average Bonchev–Trinajstić information content (AvgIpc) is 2.00. The Morgan fingerprint density at radius 2 is 1.75 bits per heavy atom. The maximum absolute atomic E-state index is 2.31. The van der Waals surface area contributed by atoms with E-state index in [1.807, 2.05) is 0 Å². The molecule has 0 amide bonds. The predicted molar refractivity (Wildman–Crippen MR) is 54.6 cm³/mol. The molecule has 0 saturated heterocycles. The van der Waals surface area contributed by atoms with Gasteiger partial charge in [0.1, 0.15) is 0 Å². The van der Waals surface area contributed by atoms with Gasteiger partial charge in [0.2, 0.25) is 0 Å². The third-order valence-electron chi connectivity index (χ3n) is 2.44. The van der Waals surface area contributed by atoms with Crippen molar-refractivity contribution in [2.24, 2.45) is 0 Å². The third-order valence-corrected chi connectivity index (χ3v) is 2.44. The first kappa shape index (κ1) is 9.31. The molecule has 66 valence electrons. The molecule has 0 heterocycles. The van der Waals surface area contributed by atoms with E-state index in [-0.39, 0.29) is 0 Å². The van der Waals surface area contributed by atoms with Crippen molar-refractivity contribution >= 4 is 0 Å². The minimum Gasteiger partial charge on any atom is -0.0651 e. The molecule has 0 aromatic heterocycles. The summed E-state index contributed by atoms with van der Waals surface area (Å²) in [5, 5.41) is 0. The maximum atomic E-state index is 2.31. The zero-order valence-electron chi connectivity index (χ0n) is 8.57. The van der Waals surface area contributed by atoms with E-state index >= 15 is 0 Å². The van der Waals surface area contributed by atoms with Crippen LogP contribution in [0.25, 0.3) is 0 Å². The Hall–Kier alpha value is -0.780. The minimum atomic E-state index is 1.22. The van der Waals surface area contributed by atoms with Crippen LogP contribution in [-0.4, -0.2) is 0 Å². The number of hydrogen-bond donors (Lipinski definition) is 0. The van der Waals surface area contributed by atoms with Gasteiger partial charge in [-0.05, 0) is 43.9 Å². The molecule has 0 saturated carbocycles. The van der Waals surface area contributed by atoms with Gasteiger partial charge in [0.05, 0.1) is 0 Å². The lowest BCUT2D eigenvalue weighted by molar-refractivity contribution is 0.908. The van der Waals surface area contributed by atoms with Crippen LogP contribution in [-0.2, 0) is 6.42 Å². The van der Waals surface area contributed by atoms with Gasteiger partial charge in [-0.15, -0.1) is 0 Å². The van der Waals surface area contributed by atoms with Gasteiger partial charge in [-0.3, -0.25) is 0 Å². The van der Waals surface area contributed by atoms with Crippen molar-refractivity contribution in [2.45, 2.75) is 40.5 Å². The lowest BCUT2D eigenvalue weighted by Gasteiger charge is -2.08. The lowest BCUT2D eigenvalue weighted by Crippen LogP contribution is -1.93. The van der Waals surface area contributed by atoms with E-state index in [0.717, 1.165) is 0 Å². The first-order chi connectivity index (χ1) is 5.65. The molecule has 0 unspecified atom stereocenters. The van der Waals surface area contributed by atoms with Crippen LogP contribution in [0.1, 0.15) is 35.6 Å². The predicted octanol–water partition coefficient (Wildman–Crippen LogP) is 3.56. The highest BCUT2D eigenvalue weighted by atomic mass is 14.1. The molecule has 1 aromatic carbocycles. The minimum absolute atomic E-state index is 1.22. The second kappa shape index (κ2) is 3.75. The van der Waals surface area contributed by atoms with Crippen LogP contribution in [0, 0.1) is 20.8 Å². The first-order valence-electron chi connectivity index (χ1n) is 4.72. The van der Waals surface area contributed by atoms with Crippen molar-refractivity contribution in [2.75, 3.05) is 0 Å². The Morgan fingerprint density at radius 3 is 2.33 bits per heavy atom. The molecule has 0 atom stereocenters. The van der Waals surface area contributed by atoms with Crippen LogP contribution in [0.4, 0.5) is 0 Å². The molecule has 1 rings (SSSR count). The zero-order valence-corrected chi connectivity index (χ0v) is 8.57. The largest absolute Gasteiger partial charge is 0.0651 e. The van der Waals surface area contributed by atoms with Crippen molar-refractivity contribution in [1.82, 2.24) is 0 Å². The lowest BCUT2D eigenvalue weighted by atomic mass is 9.97. The van der Waals surface area contributed by atoms with Crippen LogP contribution in [0.5, 0.6) is 0 Å². The smallest absolute Gasteiger partial charge is 0.0279 e. The van der Waals surface area contributed by atoms with E-state index in [1.54, 1.807) is 0 Å². The molecule has 0 N–H and O–H groups in total. The van der Waals surface area contributed by atoms with Crippen molar-refractivity contribution in [1.29, 1.82) is 0 Å². The fourth-order valence-electron chi connectivity index (χ4n) is 1.66. The van der Waals surface area contributed by atoms with Gasteiger partial charge in [-0.1, -0.05) is 31.0 Å². The topological polar surface area (TPSA) is 0 Å². The van der Waals surface area contributed by atoms with Gasteiger partial charge in [0, 0.05) is 0 Å². The monoisotopic (exact) mass is 162 g/mol. The highest BCUT2D eigenvalue weighted by molar-refractivity contribution is 5.37. The van der Waals surface area contributed by atoms with E-state index in [1.165, 1.54) is 35.1 Å². The summed E-state index contributed by atoms with van der Waals surface area (Å²) in [6.45, 7) is 8.82. The standard InChI is InChI=1S/C12H18/c1-5-6-12-8-9(2)7-10(3)11(12)4/h7-8H,5-6H2,1-4H3. The van der Waals surface area contributed by atoms with Crippen LogP contribution < -0.4 is 0 Å². The molecule has 12 heavy (non-hydrogen) atoms. The Balaban J connectivity index is 3.09. The molecule has 0 aliphatic carbocycles. The fraction of sp³-hybridized carbons (Fsp3) is 0.500. The van der Waals surface area contributed by atoms with E-state index in [2.05, 4.69) is 39.8 Å². The quantitative estimate of drug-likeness (QED) is 0.623. The normalized spacial score (nSPS) is 10.3. The van der Waals surface area contributed by atoms with E-state index < -0.39 is 0 Å². The van der Waals surface area contributed by atoms with Crippen molar-refractivity contribution in [3.05, 3.63) is 34.4 Å². The number of aryl methyl sites for hydroxylation is 3. The molecule has 0 heteroatoms. The molecule has 1 aromatic rings. The fourth-order valence-corrected chi connectivity index (χ4v) is 1.66. The molecule has 0 nitrogen and oxygen atoms in total. The summed E-state index contributed by atoms with van der Waals surface area (Å²) in [6, 6.07) is 4.57. The average molecular weight is 162 g/mol. The van der Waals surface area contributed by atoms with Gasteiger partial charge in [-0.2, -0.15) is 0 Å². The number of hydrogen-bond acceptors (Lipinski definition) is 0. The third kappa shape index (κ3) is 1.88. The van der Waals surface area contributed by atoms with E-state index in [9.17, 15) is 0 Å². The molecule has 0 spiro atoms. The molecular weight excluding hydrogens is 144 g/mol. The van der Waals surface area contributed by atoms with E-state index in [0.29, 0.717) is 0 Å². The summed E-state index contributed by atoms with van der Waals surface area (Å²) < 4.78 is 0. The van der Waals surface area contributed by atoms with Crippen LogP contribution in [0.2, 0.25) is 0 Å². The molecule has 0 radical (unpaired) electrons. The van der Waals surface area contributed by atoms with Crippen molar-refractivity contribution in [3.63, 3.8) is 0 Å². The van der Waals surface area contributed by atoms with Crippen LogP contribution in [0.15, 0.2) is 12.1 Å². The summed E-state index contributed by atoms with van der Waals surface area (Å²) in [5.41, 5.74) is 5.82. The summed E-state index contributed by atoms with van der Waals surface area (Å²) in [6.07, 6.45) is 2.46. The summed E-state index contributed by atoms with van der Waals surface area (Å²) in [7, 11) is 0. The van der Waals surface area contributed by atoms with Gasteiger partial charge in [-0.25, -0.2) is 0 Å².